The molecule has 0 aromatic heterocycles. The van der Waals surface area contributed by atoms with Crippen LogP contribution in [0.3, 0.4) is 0 Å². The minimum Gasteiger partial charge on any atom is -0.477 e. The van der Waals surface area contributed by atoms with E-state index in [0.717, 1.165) is 0 Å². The fourth-order valence-corrected chi connectivity index (χ4v) is 4.40. The summed E-state index contributed by atoms with van der Waals surface area (Å²) in [5, 5.41) is 13.5. The molecule has 2 rings (SSSR count). The first-order valence-corrected chi connectivity index (χ1v) is 11.0. The molecule has 0 aliphatic rings. The number of benzene rings is 2. The number of para-hydroxylation sites is 2. The van der Waals surface area contributed by atoms with Gasteiger partial charge < -0.3 is 10.1 Å². The summed E-state index contributed by atoms with van der Waals surface area (Å²) < 4.78 is 32.2. The fraction of sp³-hybridized carbons (Fsp3) is 0.350. The molecule has 0 saturated heterocycles. The summed E-state index contributed by atoms with van der Waals surface area (Å²) >= 11 is 0. The molecule has 0 saturated carbocycles. The number of nitro groups is 1. The highest BCUT2D eigenvalue weighted by Gasteiger charge is 2.23. The zero-order valence-corrected chi connectivity index (χ0v) is 17.7. The van der Waals surface area contributed by atoms with Crippen LogP contribution in [0.15, 0.2) is 53.4 Å². The van der Waals surface area contributed by atoms with Crippen molar-refractivity contribution < 1.29 is 22.9 Å². The van der Waals surface area contributed by atoms with Gasteiger partial charge in [-0.05, 0) is 43.2 Å². The largest absolute Gasteiger partial charge is 0.477 e. The Morgan fingerprint density at radius 1 is 1.07 bits per heavy atom. The molecule has 0 bridgehead atoms. The highest BCUT2D eigenvalue weighted by Crippen LogP contribution is 2.25. The smallest absolute Gasteiger partial charge is 0.310 e. The molecule has 0 radical (unpaired) electrons. The van der Waals surface area contributed by atoms with Crippen LogP contribution in [0.4, 0.5) is 11.4 Å². The first-order chi connectivity index (χ1) is 14.3. The van der Waals surface area contributed by atoms with Gasteiger partial charge >= 0.3 is 5.69 Å². The van der Waals surface area contributed by atoms with Gasteiger partial charge in [-0.3, -0.25) is 14.9 Å². The summed E-state index contributed by atoms with van der Waals surface area (Å²) in [7, 11) is -3.60. The van der Waals surface area contributed by atoms with E-state index in [9.17, 15) is 23.3 Å². The quantitative estimate of drug-likeness (QED) is 0.427. The number of anilines is 1. The number of ether oxygens (including phenoxy) is 1. The molecule has 2 aromatic rings. The molecule has 0 heterocycles. The Morgan fingerprint density at radius 2 is 1.67 bits per heavy atom. The van der Waals surface area contributed by atoms with Gasteiger partial charge in [0.1, 0.15) is 0 Å². The Labute approximate surface area is 175 Å². The Kier molecular flexibility index (Phi) is 8.31. The summed E-state index contributed by atoms with van der Waals surface area (Å²) in [5.74, 6) is -0.534. The summed E-state index contributed by atoms with van der Waals surface area (Å²) in [6.45, 7) is 4.30. The van der Waals surface area contributed by atoms with Crippen molar-refractivity contribution in [3.05, 3.63) is 58.6 Å². The molecule has 0 fully saturated rings. The van der Waals surface area contributed by atoms with E-state index in [-0.39, 0.29) is 16.3 Å². The molecule has 9 nitrogen and oxygen atoms in total. The van der Waals surface area contributed by atoms with Crippen LogP contribution < -0.4 is 10.1 Å². The lowest BCUT2D eigenvalue weighted by Crippen LogP contribution is -2.32. The van der Waals surface area contributed by atoms with Crippen LogP contribution >= 0.6 is 0 Å². The van der Waals surface area contributed by atoms with Crippen LogP contribution in [-0.4, -0.2) is 43.2 Å². The van der Waals surface area contributed by atoms with Crippen LogP contribution in [0, 0.1) is 10.1 Å². The number of nitrogens with one attached hydrogen (secondary N) is 1. The van der Waals surface area contributed by atoms with Crippen molar-refractivity contribution in [1.82, 2.24) is 4.31 Å². The van der Waals surface area contributed by atoms with Crippen molar-refractivity contribution in [2.45, 2.75) is 31.6 Å². The Bertz CT molecular complexity index is 970. The van der Waals surface area contributed by atoms with Crippen molar-refractivity contribution in [3.8, 4) is 5.75 Å². The van der Waals surface area contributed by atoms with E-state index >= 15 is 0 Å². The third-order valence-electron chi connectivity index (χ3n) is 4.14. The van der Waals surface area contributed by atoms with Gasteiger partial charge in [-0.15, -0.1) is 0 Å². The van der Waals surface area contributed by atoms with E-state index in [1.54, 1.807) is 6.07 Å². The number of sulfonamides is 1. The zero-order valence-electron chi connectivity index (χ0n) is 16.9. The molecule has 0 spiro atoms. The molecule has 2 aromatic carbocycles. The lowest BCUT2D eigenvalue weighted by atomic mass is 10.3. The molecule has 1 amide bonds. The number of nitrogens with zero attached hydrogens (tertiary/aromatic N) is 2. The average Bonchev–Trinajstić information content (AvgIpc) is 2.72. The maximum Gasteiger partial charge on any atom is 0.310 e. The van der Waals surface area contributed by atoms with Crippen LogP contribution in [-0.2, 0) is 14.8 Å². The lowest BCUT2D eigenvalue weighted by Gasteiger charge is -2.21. The SMILES string of the molecule is CCCN(CCC)S(=O)(=O)c1ccc(NC(=O)COc2ccccc2[N+](=O)[O-])cc1. The molecule has 0 aliphatic carbocycles. The fourth-order valence-electron chi connectivity index (χ4n) is 2.78. The monoisotopic (exact) mass is 435 g/mol. The van der Waals surface area contributed by atoms with E-state index in [1.807, 2.05) is 13.8 Å². The second kappa shape index (κ2) is 10.7. The Hall–Kier alpha value is -2.98. The molecule has 10 heteroatoms. The predicted molar refractivity (Wildman–Crippen MR) is 113 cm³/mol. The first kappa shape index (κ1) is 23.3. The maximum atomic E-state index is 12.8. The summed E-state index contributed by atoms with van der Waals surface area (Å²) in [5.41, 5.74) is 0.159. The maximum absolute atomic E-state index is 12.8. The van der Waals surface area contributed by atoms with Crippen LogP contribution in [0.2, 0.25) is 0 Å². The number of rotatable bonds is 11. The zero-order chi connectivity index (χ0) is 22.1. The van der Waals surface area contributed by atoms with Crippen LogP contribution in [0.1, 0.15) is 26.7 Å². The third-order valence-corrected chi connectivity index (χ3v) is 6.06. The minimum atomic E-state index is -3.60. The van der Waals surface area contributed by atoms with Gasteiger partial charge in [0.05, 0.1) is 9.82 Å². The van der Waals surface area contributed by atoms with Gasteiger partial charge in [0.15, 0.2) is 12.4 Å². The minimum absolute atomic E-state index is 0.00830. The number of carbonyl (C=O) groups excluding carboxylic acids is 1. The summed E-state index contributed by atoms with van der Waals surface area (Å²) in [6, 6.07) is 11.6. The van der Waals surface area contributed by atoms with E-state index in [1.165, 1.54) is 46.8 Å². The highest BCUT2D eigenvalue weighted by atomic mass is 32.2. The molecule has 0 aliphatic heterocycles. The average molecular weight is 436 g/mol. The number of nitro benzene ring substituents is 1. The van der Waals surface area contributed by atoms with Gasteiger partial charge in [-0.2, -0.15) is 4.31 Å². The molecular formula is C20H25N3O6S. The second-order valence-corrected chi connectivity index (χ2v) is 8.43. The lowest BCUT2D eigenvalue weighted by molar-refractivity contribution is -0.385. The predicted octanol–water partition coefficient (Wildman–Crippen LogP) is 3.42. The second-order valence-electron chi connectivity index (χ2n) is 6.49. The molecular weight excluding hydrogens is 410 g/mol. The first-order valence-electron chi connectivity index (χ1n) is 9.55. The van der Waals surface area contributed by atoms with E-state index in [4.69, 9.17) is 4.74 Å². The molecule has 30 heavy (non-hydrogen) atoms. The molecule has 1 N–H and O–H groups in total. The van der Waals surface area contributed by atoms with E-state index in [2.05, 4.69) is 5.32 Å². The normalized spacial score (nSPS) is 11.3. The van der Waals surface area contributed by atoms with Gasteiger partial charge in [-0.25, -0.2) is 8.42 Å². The molecule has 162 valence electrons. The van der Waals surface area contributed by atoms with Crippen molar-refractivity contribution >= 4 is 27.3 Å². The topological polar surface area (TPSA) is 119 Å². The van der Waals surface area contributed by atoms with Gasteiger partial charge in [0.25, 0.3) is 5.91 Å². The third kappa shape index (κ3) is 6.01. The van der Waals surface area contributed by atoms with Crippen molar-refractivity contribution in [3.63, 3.8) is 0 Å². The standard InChI is InChI=1S/C20H25N3O6S/c1-3-13-22(14-4-2)30(27,28)17-11-9-16(10-12-17)21-20(24)15-29-19-8-6-5-7-18(19)23(25)26/h5-12H,3-4,13-15H2,1-2H3,(H,21,24). The van der Waals surface area contributed by atoms with Crippen molar-refractivity contribution in [2.75, 3.05) is 25.0 Å². The number of carbonyl (C=O) groups is 1. The molecule has 0 unspecified atom stereocenters. The summed E-state index contributed by atoms with van der Waals surface area (Å²) in [6.07, 6.45) is 1.43. The van der Waals surface area contributed by atoms with Crippen molar-refractivity contribution in [2.24, 2.45) is 0 Å². The Morgan fingerprint density at radius 3 is 2.23 bits per heavy atom. The summed E-state index contributed by atoms with van der Waals surface area (Å²) in [4.78, 5) is 22.6. The Balaban J connectivity index is 2.02. The van der Waals surface area contributed by atoms with Crippen LogP contribution in [0.25, 0.3) is 0 Å². The number of amides is 1. The van der Waals surface area contributed by atoms with Crippen LogP contribution in [0.5, 0.6) is 5.75 Å². The van der Waals surface area contributed by atoms with Crippen molar-refractivity contribution in [1.29, 1.82) is 0 Å². The van der Waals surface area contributed by atoms with E-state index in [0.29, 0.717) is 31.6 Å². The highest BCUT2D eigenvalue weighted by molar-refractivity contribution is 7.89. The van der Waals surface area contributed by atoms with Gasteiger partial charge in [0, 0.05) is 24.8 Å². The van der Waals surface area contributed by atoms with Gasteiger partial charge in [0.2, 0.25) is 10.0 Å². The van der Waals surface area contributed by atoms with Gasteiger partial charge in [-0.1, -0.05) is 26.0 Å². The van der Waals surface area contributed by atoms with E-state index < -0.39 is 27.5 Å². The number of hydrogen-bond acceptors (Lipinski definition) is 6. The molecule has 0 atom stereocenters. The number of hydrogen-bond donors (Lipinski definition) is 1.